The lowest BCUT2D eigenvalue weighted by molar-refractivity contribution is 0.0793. The predicted molar refractivity (Wildman–Crippen MR) is 120 cm³/mol. The van der Waals surface area contributed by atoms with Crippen LogP contribution in [0.5, 0.6) is 5.75 Å². The van der Waals surface area contributed by atoms with Crippen molar-refractivity contribution in [2.45, 2.75) is 19.9 Å². The normalized spacial score (nSPS) is 18.6. The molecular formula is C23H27N5O4. The first-order valence-corrected chi connectivity index (χ1v) is 10.6. The second-order valence-electron chi connectivity index (χ2n) is 7.92. The summed E-state index contributed by atoms with van der Waals surface area (Å²) < 4.78 is 13.0. The molecule has 1 amide bonds. The molecule has 3 aromatic rings. The molecule has 1 unspecified atom stereocenters. The summed E-state index contributed by atoms with van der Waals surface area (Å²) in [7, 11) is 1.64. The molecule has 1 aromatic carbocycles. The Morgan fingerprint density at radius 1 is 1.31 bits per heavy atom. The number of hydrogen-bond donors (Lipinski definition) is 1. The zero-order valence-electron chi connectivity index (χ0n) is 18.3. The van der Waals surface area contributed by atoms with Gasteiger partial charge in [0.2, 0.25) is 0 Å². The van der Waals surface area contributed by atoms with Gasteiger partial charge in [0, 0.05) is 31.7 Å². The van der Waals surface area contributed by atoms with Crippen LogP contribution in [0.3, 0.4) is 0 Å². The number of carboxylic acid groups (broad SMARTS) is 1. The number of hydrogen-bond acceptors (Lipinski definition) is 6. The highest BCUT2D eigenvalue weighted by molar-refractivity contribution is 5.73. The van der Waals surface area contributed by atoms with Crippen molar-refractivity contribution >= 4 is 23.3 Å². The Balaban J connectivity index is 1.67. The largest absolute Gasteiger partial charge is 0.497 e. The van der Waals surface area contributed by atoms with Gasteiger partial charge in [-0.25, -0.2) is 19.7 Å². The van der Waals surface area contributed by atoms with E-state index in [2.05, 4.69) is 14.5 Å². The van der Waals surface area contributed by atoms with Gasteiger partial charge in [0.15, 0.2) is 5.65 Å². The molecule has 0 saturated carbocycles. The minimum atomic E-state index is -0.904. The second kappa shape index (κ2) is 9.35. The summed E-state index contributed by atoms with van der Waals surface area (Å²) >= 11 is 0. The highest BCUT2D eigenvalue weighted by Gasteiger charge is 2.38. The van der Waals surface area contributed by atoms with Crippen molar-refractivity contribution in [3.05, 3.63) is 54.3 Å². The number of aromatic nitrogens is 4. The van der Waals surface area contributed by atoms with Crippen LogP contribution < -0.4 is 4.74 Å². The maximum absolute atomic E-state index is 11.5. The Morgan fingerprint density at radius 2 is 2.12 bits per heavy atom. The molecule has 1 atom stereocenters. The van der Waals surface area contributed by atoms with Gasteiger partial charge in [-0.05, 0) is 37.1 Å². The monoisotopic (exact) mass is 437 g/mol. The quantitative estimate of drug-likeness (QED) is 0.577. The number of imidazole rings is 1. The number of fused-ring (bicyclic) bond motifs is 1. The summed E-state index contributed by atoms with van der Waals surface area (Å²) in [5.74, 6) is 1.54. The topological polar surface area (TPSA) is 103 Å². The summed E-state index contributed by atoms with van der Waals surface area (Å²) in [6.07, 6.45) is 7.04. The molecule has 1 fully saturated rings. The predicted octanol–water partition coefficient (Wildman–Crippen LogP) is 3.30. The molecule has 1 aliphatic rings. The van der Waals surface area contributed by atoms with Crippen molar-refractivity contribution in [3.63, 3.8) is 0 Å². The van der Waals surface area contributed by atoms with Crippen molar-refractivity contribution in [2.24, 2.45) is 5.41 Å². The van der Waals surface area contributed by atoms with Crippen LogP contribution in [0.15, 0.2) is 42.9 Å². The molecule has 0 radical (unpaired) electrons. The van der Waals surface area contributed by atoms with E-state index >= 15 is 0 Å². The van der Waals surface area contributed by atoms with E-state index in [9.17, 15) is 9.90 Å². The van der Waals surface area contributed by atoms with E-state index in [1.165, 1.54) is 11.2 Å². The second-order valence-corrected chi connectivity index (χ2v) is 7.92. The average Bonchev–Trinajstić information content (AvgIpc) is 3.39. The molecule has 1 saturated heterocycles. The molecule has 1 aliphatic heterocycles. The van der Waals surface area contributed by atoms with Gasteiger partial charge in [-0.3, -0.25) is 0 Å². The Kier molecular flexibility index (Phi) is 6.36. The standard InChI is InChI=1S/C23H27N5O4/c1-3-32-15-23(10-11-27(14-23)22(29)30)9-8-20-26-21-19(12-24-16-25-21)28(20)13-17-4-6-18(31-2)7-5-17/h4-9,12,16H,3,10-11,13-15H2,1-2H3,(H,29,30). The van der Waals surface area contributed by atoms with Crippen LogP contribution in [0.4, 0.5) is 4.79 Å². The van der Waals surface area contributed by atoms with Crippen molar-refractivity contribution in [3.8, 4) is 5.75 Å². The van der Waals surface area contributed by atoms with Crippen molar-refractivity contribution in [1.29, 1.82) is 0 Å². The number of carbonyl (C=O) groups is 1. The third-order valence-electron chi connectivity index (χ3n) is 5.80. The Morgan fingerprint density at radius 3 is 2.81 bits per heavy atom. The summed E-state index contributed by atoms with van der Waals surface area (Å²) in [5, 5.41) is 9.42. The van der Waals surface area contributed by atoms with Crippen LogP contribution in [0.1, 0.15) is 24.7 Å². The average molecular weight is 438 g/mol. The van der Waals surface area contributed by atoms with Gasteiger partial charge >= 0.3 is 6.09 Å². The highest BCUT2D eigenvalue weighted by atomic mass is 16.5. The van der Waals surface area contributed by atoms with Gasteiger partial charge in [-0.2, -0.15) is 0 Å². The van der Waals surface area contributed by atoms with Crippen molar-refractivity contribution in [1.82, 2.24) is 24.4 Å². The molecule has 2 aromatic heterocycles. The molecule has 0 bridgehead atoms. The van der Waals surface area contributed by atoms with Gasteiger partial charge in [-0.15, -0.1) is 0 Å². The Labute approximate surface area is 186 Å². The summed E-state index contributed by atoms with van der Waals surface area (Å²) in [6.45, 7) is 4.45. The van der Waals surface area contributed by atoms with E-state index in [1.807, 2.05) is 43.3 Å². The fourth-order valence-electron chi connectivity index (χ4n) is 4.01. The highest BCUT2D eigenvalue weighted by Crippen LogP contribution is 2.33. The summed E-state index contributed by atoms with van der Waals surface area (Å²) in [6, 6.07) is 7.88. The Bertz CT molecular complexity index is 1110. The number of methoxy groups -OCH3 is 1. The van der Waals surface area contributed by atoms with Gasteiger partial charge < -0.3 is 24.0 Å². The van der Waals surface area contributed by atoms with Crippen molar-refractivity contribution in [2.75, 3.05) is 33.4 Å². The third kappa shape index (κ3) is 4.57. The number of rotatable bonds is 8. The fourth-order valence-corrected chi connectivity index (χ4v) is 4.01. The molecule has 4 rings (SSSR count). The minimum Gasteiger partial charge on any atom is -0.497 e. The first-order chi connectivity index (χ1) is 15.5. The van der Waals surface area contributed by atoms with E-state index < -0.39 is 6.09 Å². The van der Waals surface area contributed by atoms with Crippen LogP contribution >= 0.6 is 0 Å². The smallest absolute Gasteiger partial charge is 0.407 e. The maximum atomic E-state index is 11.5. The van der Waals surface area contributed by atoms with E-state index in [-0.39, 0.29) is 5.41 Å². The molecule has 168 valence electrons. The molecule has 3 heterocycles. The molecule has 9 heteroatoms. The number of likely N-dealkylation sites (tertiary alicyclic amines) is 1. The van der Waals surface area contributed by atoms with E-state index in [4.69, 9.17) is 14.5 Å². The maximum Gasteiger partial charge on any atom is 0.407 e. The van der Waals surface area contributed by atoms with Crippen LogP contribution in [0.2, 0.25) is 0 Å². The third-order valence-corrected chi connectivity index (χ3v) is 5.80. The van der Waals surface area contributed by atoms with Gasteiger partial charge in [-0.1, -0.05) is 18.2 Å². The van der Waals surface area contributed by atoms with Gasteiger partial charge in [0.05, 0.1) is 19.9 Å². The number of ether oxygens (including phenoxy) is 2. The number of amides is 1. The zero-order valence-corrected chi connectivity index (χ0v) is 18.3. The van der Waals surface area contributed by atoms with Crippen molar-refractivity contribution < 1.29 is 19.4 Å². The zero-order chi connectivity index (χ0) is 22.6. The van der Waals surface area contributed by atoms with E-state index in [1.54, 1.807) is 13.3 Å². The summed E-state index contributed by atoms with van der Waals surface area (Å²) in [5.41, 5.74) is 2.15. The molecule has 0 spiro atoms. The molecule has 9 nitrogen and oxygen atoms in total. The number of nitrogens with zero attached hydrogens (tertiary/aromatic N) is 5. The van der Waals surface area contributed by atoms with Gasteiger partial charge in [0.1, 0.15) is 23.4 Å². The van der Waals surface area contributed by atoms with Crippen LogP contribution in [0.25, 0.3) is 17.2 Å². The Hall–Kier alpha value is -3.46. The minimum absolute atomic E-state index is 0.386. The SMILES string of the molecule is CCOCC1(C=Cc2nc3ncncc3n2Cc2ccc(OC)cc2)CCN(C(=O)O)C1. The lowest BCUT2D eigenvalue weighted by Gasteiger charge is -2.25. The fraction of sp³-hybridized carbons (Fsp3) is 0.391. The van der Waals surface area contributed by atoms with E-state index in [0.29, 0.717) is 44.9 Å². The first-order valence-electron chi connectivity index (χ1n) is 10.6. The van der Waals surface area contributed by atoms with Crippen LogP contribution in [0, 0.1) is 5.41 Å². The molecule has 0 aliphatic carbocycles. The number of benzene rings is 1. The van der Waals surface area contributed by atoms with Crippen LogP contribution in [-0.2, 0) is 11.3 Å². The van der Waals surface area contributed by atoms with Gasteiger partial charge in [0.25, 0.3) is 0 Å². The van der Waals surface area contributed by atoms with Crippen LogP contribution in [-0.4, -0.2) is 69.0 Å². The molecule has 32 heavy (non-hydrogen) atoms. The molecule has 1 N–H and O–H groups in total. The lowest BCUT2D eigenvalue weighted by Crippen LogP contribution is -2.32. The summed E-state index contributed by atoms with van der Waals surface area (Å²) in [4.78, 5) is 26.1. The first kappa shape index (κ1) is 21.8. The van der Waals surface area contributed by atoms with E-state index in [0.717, 1.165) is 22.7 Å². The lowest BCUT2D eigenvalue weighted by atomic mass is 9.87. The molecular weight excluding hydrogens is 410 g/mol.